The number of carbonyl (C=O) groups excluding carboxylic acids is 1. The molecule has 4 nitrogen and oxygen atoms in total. The Morgan fingerprint density at radius 2 is 1.79 bits per heavy atom. The summed E-state index contributed by atoms with van der Waals surface area (Å²) in [7, 11) is -3.70. The molecule has 1 heterocycles. The summed E-state index contributed by atoms with van der Waals surface area (Å²) in [5.74, 6) is 0.861. The minimum atomic E-state index is -3.70. The first-order valence-corrected chi connectivity index (χ1v) is 10.8. The number of nitrogens with zero attached hydrogens (tertiary/aromatic N) is 1. The molecule has 0 saturated carbocycles. The predicted octanol–water partition coefficient (Wildman–Crippen LogP) is 3.64. The largest absolute Gasteiger partial charge is 0.298 e. The minimum Gasteiger partial charge on any atom is -0.298 e. The van der Waals surface area contributed by atoms with Gasteiger partial charge in [0.25, 0.3) is 0 Å². The van der Waals surface area contributed by atoms with E-state index in [1.807, 2.05) is 20.8 Å². The Bertz CT molecular complexity index is 681. The molecule has 2 rings (SSSR count). The molecule has 1 atom stereocenters. The van der Waals surface area contributed by atoms with Crippen LogP contribution in [0.1, 0.15) is 45.6 Å². The van der Waals surface area contributed by atoms with Gasteiger partial charge in [0.15, 0.2) is 0 Å². The molecule has 0 spiro atoms. The van der Waals surface area contributed by atoms with Gasteiger partial charge in [-0.1, -0.05) is 24.1 Å². The van der Waals surface area contributed by atoms with E-state index in [9.17, 15) is 13.2 Å². The number of sulfonamides is 1. The topological polar surface area (TPSA) is 54.5 Å². The van der Waals surface area contributed by atoms with Crippen LogP contribution in [-0.2, 0) is 14.8 Å². The Morgan fingerprint density at radius 3 is 2.38 bits per heavy atom. The minimum absolute atomic E-state index is 0.0925. The molecule has 0 aromatic heterocycles. The fourth-order valence-corrected chi connectivity index (χ4v) is 6.44. The highest BCUT2D eigenvalue weighted by Gasteiger charge is 2.43. The molecule has 1 saturated heterocycles. The highest BCUT2D eigenvalue weighted by molar-refractivity contribution is 8.00. The fourth-order valence-electron chi connectivity index (χ4n) is 3.23. The quantitative estimate of drug-likeness (QED) is 0.816. The summed E-state index contributed by atoms with van der Waals surface area (Å²) in [5.41, 5.74) is 1.01. The summed E-state index contributed by atoms with van der Waals surface area (Å²) in [6.45, 7) is 7.78. The zero-order chi connectivity index (χ0) is 18.0. The monoisotopic (exact) mass is 369 g/mol. The molecular formula is C18H27NO3S2. The predicted molar refractivity (Wildman–Crippen MR) is 99.9 cm³/mol. The maximum Gasteiger partial charge on any atom is 0.243 e. The molecule has 1 aliphatic rings. The summed E-state index contributed by atoms with van der Waals surface area (Å²) >= 11 is 1.69. The Hall–Kier alpha value is -0.850. The summed E-state index contributed by atoms with van der Waals surface area (Å²) in [6, 6.07) is 6.22. The molecule has 1 aromatic rings. The molecule has 0 aliphatic carbocycles. The first-order valence-electron chi connectivity index (χ1n) is 8.39. The van der Waals surface area contributed by atoms with Crippen molar-refractivity contribution in [1.29, 1.82) is 0 Å². The van der Waals surface area contributed by atoms with Gasteiger partial charge in [0, 0.05) is 11.3 Å². The van der Waals surface area contributed by atoms with Gasteiger partial charge in [-0.2, -0.15) is 16.1 Å². The van der Waals surface area contributed by atoms with Crippen molar-refractivity contribution in [2.45, 2.75) is 62.6 Å². The zero-order valence-corrected chi connectivity index (χ0v) is 16.5. The molecule has 0 unspecified atom stereocenters. The molecule has 134 valence electrons. The maximum atomic E-state index is 13.2. The molecule has 0 amide bonds. The van der Waals surface area contributed by atoms with Gasteiger partial charge in [0.1, 0.15) is 5.78 Å². The number of carbonyl (C=O) groups is 1. The smallest absolute Gasteiger partial charge is 0.243 e. The van der Waals surface area contributed by atoms with Crippen LogP contribution in [0.4, 0.5) is 0 Å². The van der Waals surface area contributed by atoms with Crippen molar-refractivity contribution in [3.63, 3.8) is 0 Å². The number of thioether (sulfide) groups is 1. The maximum absolute atomic E-state index is 13.2. The van der Waals surface area contributed by atoms with Crippen molar-refractivity contribution in [1.82, 2.24) is 4.31 Å². The van der Waals surface area contributed by atoms with Gasteiger partial charge in [0.2, 0.25) is 10.0 Å². The number of rotatable bonds is 3. The fraction of sp³-hybridized carbons (Fsp3) is 0.611. The van der Waals surface area contributed by atoms with Gasteiger partial charge >= 0.3 is 0 Å². The van der Waals surface area contributed by atoms with E-state index >= 15 is 0 Å². The number of Topliss-reactive ketones (excluding diaryl/α,β-unsaturated/α-hetero) is 1. The molecule has 1 fully saturated rings. The van der Waals surface area contributed by atoms with Crippen molar-refractivity contribution in [2.24, 2.45) is 0 Å². The van der Waals surface area contributed by atoms with Crippen LogP contribution in [0.3, 0.4) is 0 Å². The Morgan fingerprint density at radius 1 is 1.17 bits per heavy atom. The van der Waals surface area contributed by atoms with Crippen LogP contribution in [0, 0.1) is 6.92 Å². The van der Waals surface area contributed by atoms with E-state index in [1.165, 1.54) is 11.2 Å². The first kappa shape index (κ1) is 19.5. The van der Waals surface area contributed by atoms with Crippen LogP contribution in [0.15, 0.2) is 29.2 Å². The summed E-state index contributed by atoms with van der Waals surface area (Å²) in [4.78, 5) is 12.7. The number of benzene rings is 1. The third-order valence-electron chi connectivity index (χ3n) is 4.46. The van der Waals surface area contributed by atoms with E-state index < -0.39 is 20.8 Å². The molecule has 0 bridgehead atoms. The standard InChI is InChI=1S/C18H27NO3S2/c1-14-8-10-16(11-9-14)24(21,22)19-12-6-5-7-13-23-18(3,4)17(19)15(2)20/h8-11,17H,5-7,12-13H2,1-4H3/t17-/m0/s1. The van der Waals surface area contributed by atoms with E-state index in [0.29, 0.717) is 6.54 Å². The summed E-state index contributed by atoms with van der Waals surface area (Å²) in [6.07, 6.45) is 2.82. The number of hydrogen-bond donors (Lipinski definition) is 0. The van der Waals surface area contributed by atoms with Crippen LogP contribution in [0.5, 0.6) is 0 Å². The number of hydrogen-bond acceptors (Lipinski definition) is 4. The van der Waals surface area contributed by atoms with Crippen LogP contribution in [0.25, 0.3) is 0 Å². The van der Waals surface area contributed by atoms with Crippen LogP contribution in [0.2, 0.25) is 0 Å². The molecule has 1 aliphatic heterocycles. The summed E-state index contributed by atoms with van der Waals surface area (Å²) < 4.78 is 27.5. The molecule has 1 aromatic carbocycles. The molecule has 0 N–H and O–H groups in total. The Kier molecular flexibility index (Phi) is 6.15. The van der Waals surface area contributed by atoms with Crippen LogP contribution >= 0.6 is 11.8 Å². The van der Waals surface area contributed by atoms with Crippen LogP contribution < -0.4 is 0 Å². The van der Waals surface area contributed by atoms with Crippen molar-refractivity contribution >= 4 is 27.6 Å². The second-order valence-corrected chi connectivity index (χ2v) is 10.6. The summed E-state index contributed by atoms with van der Waals surface area (Å²) in [5, 5.41) is 0. The van der Waals surface area contributed by atoms with Crippen molar-refractivity contribution in [3.05, 3.63) is 29.8 Å². The average molecular weight is 370 g/mol. The second kappa shape index (κ2) is 7.58. The molecule has 6 heteroatoms. The Balaban J connectivity index is 2.51. The van der Waals surface area contributed by atoms with Gasteiger partial charge in [-0.05, 0) is 58.4 Å². The number of ketones is 1. The van der Waals surface area contributed by atoms with Gasteiger partial charge in [0.05, 0.1) is 10.9 Å². The lowest BCUT2D eigenvalue weighted by Gasteiger charge is -2.39. The lowest BCUT2D eigenvalue weighted by molar-refractivity contribution is -0.121. The van der Waals surface area contributed by atoms with E-state index in [4.69, 9.17) is 0 Å². The molecule has 0 radical (unpaired) electrons. The zero-order valence-electron chi connectivity index (χ0n) is 14.9. The van der Waals surface area contributed by atoms with E-state index in [0.717, 1.165) is 30.6 Å². The normalized spacial score (nSPS) is 23.1. The van der Waals surface area contributed by atoms with Gasteiger partial charge in [-0.3, -0.25) is 4.79 Å². The lowest BCUT2D eigenvalue weighted by Crippen LogP contribution is -2.54. The van der Waals surface area contributed by atoms with Crippen LogP contribution in [-0.4, -0.2) is 41.6 Å². The number of aryl methyl sites for hydroxylation is 1. The van der Waals surface area contributed by atoms with E-state index in [1.54, 1.807) is 36.0 Å². The van der Waals surface area contributed by atoms with E-state index in [-0.39, 0.29) is 10.7 Å². The van der Waals surface area contributed by atoms with E-state index in [2.05, 4.69) is 0 Å². The Labute approximate surface area is 150 Å². The van der Waals surface area contributed by atoms with Crippen molar-refractivity contribution < 1.29 is 13.2 Å². The highest BCUT2D eigenvalue weighted by Crippen LogP contribution is 2.36. The molecule has 24 heavy (non-hydrogen) atoms. The molecular weight excluding hydrogens is 342 g/mol. The highest BCUT2D eigenvalue weighted by atomic mass is 32.2. The second-order valence-electron chi connectivity index (χ2n) is 6.95. The SMILES string of the molecule is CC(=O)[C@@H]1N(S(=O)(=O)c2ccc(C)cc2)CCCCCSC1(C)C. The third-order valence-corrected chi connectivity index (χ3v) is 7.79. The third kappa shape index (κ3) is 4.21. The lowest BCUT2D eigenvalue weighted by atomic mass is 9.99. The van der Waals surface area contributed by atoms with Crippen molar-refractivity contribution in [2.75, 3.05) is 12.3 Å². The average Bonchev–Trinajstić information content (AvgIpc) is 2.56. The van der Waals surface area contributed by atoms with Crippen molar-refractivity contribution in [3.8, 4) is 0 Å². The van der Waals surface area contributed by atoms with Gasteiger partial charge < -0.3 is 0 Å². The first-order chi connectivity index (χ1) is 11.2. The van der Waals surface area contributed by atoms with Gasteiger partial charge in [-0.15, -0.1) is 0 Å². The van der Waals surface area contributed by atoms with Gasteiger partial charge in [-0.25, -0.2) is 8.42 Å².